The van der Waals surface area contributed by atoms with E-state index in [1.54, 1.807) is 0 Å². The Kier molecular flexibility index (Phi) is 4.53. The summed E-state index contributed by atoms with van der Waals surface area (Å²) >= 11 is 0. The number of hydrogen-bond donors (Lipinski definition) is 1. The van der Waals surface area contributed by atoms with Crippen molar-refractivity contribution in [3.05, 3.63) is 35.4 Å². The van der Waals surface area contributed by atoms with Crippen molar-refractivity contribution in [2.75, 3.05) is 13.1 Å². The van der Waals surface area contributed by atoms with Crippen LogP contribution in [-0.2, 0) is 20.6 Å². The molecule has 0 saturated carbocycles. The van der Waals surface area contributed by atoms with Gasteiger partial charge in [0.25, 0.3) is 6.43 Å². The first-order valence-corrected chi connectivity index (χ1v) is 8.33. The van der Waals surface area contributed by atoms with Crippen LogP contribution in [0.15, 0.2) is 24.3 Å². The molecule has 1 aliphatic heterocycles. The van der Waals surface area contributed by atoms with Crippen LogP contribution in [0.1, 0.15) is 30.9 Å². The van der Waals surface area contributed by atoms with Gasteiger partial charge in [-0.1, -0.05) is 24.3 Å². The lowest BCUT2D eigenvalue weighted by molar-refractivity contribution is -0.146. The molecule has 2 rings (SSSR count). The van der Waals surface area contributed by atoms with Gasteiger partial charge < -0.3 is 5.11 Å². The summed E-state index contributed by atoms with van der Waals surface area (Å²) in [6.45, 7) is 1.60. The van der Waals surface area contributed by atoms with Crippen LogP contribution in [0, 0.1) is 5.41 Å². The fraction of sp³-hybridized carbons (Fsp3) is 0.500. The minimum atomic E-state index is -3.67. The van der Waals surface area contributed by atoms with Gasteiger partial charge in [-0.15, -0.1) is 0 Å². The molecule has 1 aromatic carbocycles. The van der Waals surface area contributed by atoms with Crippen LogP contribution in [0.25, 0.3) is 0 Å². The van der Waals surface area contributed by atoms with Crippen LogP contribution in [0.3, 0.4) is 0 Å². The highest BCUT2D eigenvalue weighted by Crippen LogP contribution is 2.32. The van der Waals surface area contributed by atoms with Gasteiger partial charge in [0, 0.05) is 18.7 Å². The average molecular weight is 333 g/mol. The van der Waals surface area contributed by atoms with Crippen LogP contribution >= 0.6 is 0 Å². The first-order valence-electron chi connectivity index (χ1n) is 6.72. The molecule has 5 nitrogen and oxygen atoms in total. The van der Waals surface area contributed by atoms with Crippen LogP contribution < -0.4 is 0 Å². The maximum absolute atomic E-state index is 12.5. The molecule has 1 saturated heterocycles. The van der Waals surface area contributed by atoms with Crippen LogP contribution in [-0.4, -0.2) is 36.9 Å². The highest BCUT2D eigenvalue weighted by molar-refractivity contribution is 7.88. The second kappa shape index (κ2) is 5.92. The SMILES string of the molecule is CC1(C(=O)O)CCN(S(=O)(=O)Cc2ccc(C(F)F)cc2)C1. The van der Waals surface area contributed by atoms with Crippen molar-refractivity contribution in [3.8, 4) is 0 Å². The molecule has 0 aromatic heterocycles. The van der Waals surface area contributed by atoms with E-state index in [9.17, 15) is 22.0 Å². The normalized spacial score (nSPS) is 23.1. The van der Waals surface area contributed by atoms with Crippen molar-refractivity contribution in [2.45, 2.75) is 25.5 Å². The number of sulfonamides is 1. The summed E-state index contributed by atoms with van der Waals surface area (Å²) in [5.74, 6) is -1.35. The number of aliphatic carboxylic acids is 1. The zero-order chi connectivity index (χ0) is 16.5. The lowest BCUT2D eigenvalue weighted by Crippen LogP contribution is -2.35. The standard InChI is InChI=1S/C14H17F2NO4S/c1-14(13(18)19)6-7-17(9-14)22(20,21)8-10-2-4-11(5-3-10)12(15)16/h2-5,12H,6-9H2,1H3,(H,18,19). The average Bonchev–Trinajstić information content (AvgIpc) is 2.84. The van der Waals surface area contributed by atoms with Crippen molar-refractivity contribution in [1.82, 2.24) is 4.31 Å². The van der Waals surface area contributed by atoms with Crippen molar-refractivity contribution in [2.24, 2.45) is 5.41 Å². The van der Waals surface area contributed by atoms with E-state index >= 15 is 0 Å². The van der Waals surface area contributed by atoms with Gasteiger partial charge in [-0.3, -0.25) is 4.79 Å². The van der Waals surface area contributed by atoms with Gasteiger partial charge in [0.1, 0.15) is 0 Å². The van der Waals surface area contributed by atoms with Gasteiger partial charge in [0.2, 0.25) is 10.0 Å². The first-order chi connectivity index (χ1) is 10.1. The fourth-order valence-corrected chi connectivity index (χ4v) is 4.04. The molecule has 0 amide bonds. The molecular formula is C14H17F2NO4S. The van der Waals surface area contributed by atoms with Gasteiger partial charge in [-0.25, -0.2) is 21.5 Å². The lowest BCUT2D eigenvalue weighted by atomic mass is 9.90. The lowest BCUT2D eigenvalue weighted by Gasteiger charge is -2.20. The number of rotatable bonds is 5. The van der Waals surface area contributed by atoms with Crippen molar-refractivity contribution >= 4 is 16.0 Å². The Hall–Kier alpha value is -1.54. The van der Waals surface area contributed by atoms with Crippen molar-refractivity contribution in [1.29, 1.82) is 0 Å². The smallest absolute Gasteiger partial charge is 0.310 e. The highest BCUT2D eigenvalue weighted by atomic mass is 32.2. The summed E-state index contributed by atoms with van der Waals surface area (Å²) < 4.78 is 50.7. The third-order valence-corrected chi connectivity index (χ3v) is 5.73. The zero-order valence-electron chi connectivity index (χ0n) is 12.0. The predicted octanol–water partition coefficient (Wildman–Crippen LogP) is 2.25. The number of carboxylic acid groups (broad SMARTS) is 1. The number of benzene rings is 1. The Bertz CT molecular complexity index is 660. The molecule has 22 heavy (non-hydrogen) atoms. The van der Waals surface area contributed by atoms with E-state index in [-0.39, 0.29) is 30.8 Å². The molecule has 8 heteroatoms. The number of hydrogen-bond acceptors (Lipinski definition) is 3. The quantitative estimate of drug-likeness (QED) is 0.897. The minimum Gasteiger partial charge on any atom is -0.481 e. The predicted molar refractivity (Wildman–Crippen MR) is 76.0 cm³/mol. The first kappa shape index (κ1) is 16.8. The number of alkyl halides is 2. The van der Waals surface area contributed by atoms with E-state index in [4.69, 9.17) is 5.11 Å². The van der Waals surface area contributed by atoms with E-state index in [2.05, 4.69) is 0 Å². The summed E-state index contributed by atoms with van der Waals surface area (Å²) in [5.41, 5.74) is -0.846. The summed E-state index contributed by atoms with van der Waals surface area (Å²) in [7, 11) is -3.67. The number of carbonyl (C=O) groups is 1. The molecule has 0 aliphatic carbocycles. The molecule has 0 radical (unpaired) electrons. The van der Waals surface area contributed by atoms with E-state index in [0.29, 0.717) is 5.56 Å². The van der Waals surface area contributed by atoms with Crippen molar-refractivity contribution in [3.63, 3.8) is 0 Å². The molecule has 1 heterocycles. The van der Waals surface area contributed by atoms with Crippen LogP contribution in [0.5, 0.6) is 0 Å². The fourth-order valence-electron chi connectivity index (χ4n) is 2.39. The molecule has 1 N–H and O–H groups in total. The molecule has 0 bridgehead atoms. The van der Waals surface area contributed by atoms with Gasteiger partial charge in [0.15, 0.2) is 0 Å². The summed E-state index contributed by atoms with van der Waals surface area (Å²) in [4.78, 5) is 11.2. The number of nitrogens with zero attached hydrogens (tertiary/aromatic N) is 1. The Morgan fingerprint density at radius 3 is 2.41 bits per heavy atom. The molecular weight excluding hydrogens is 316 g/mol. The van der Waals surface area contributed by atoms with Gasteiger partial charge >= 0.3 is 5.97 Å². The topological polar surface area (TPSA) is 74.7 Å². The molecule has 122 valence electrons. The summed E-state index contributed by atoms with van der Waals surface area (Å²) in [6.07, 6.45) is -2.34. The maximum atomic E-state index is 12.5. The third-order valence-electron chi connectivity index (χ3n) is 3.93. The Morgan fingerprint density at radius 1 is 1.36 bits per heavy atom. The molecule has 1 aliphatic rings. The van der Waals surface area contributed by atoms with E-state index in [0.717, 1.165) is 4.31 Å². The monoisotopic (exact) mass is 333 g/mol. The van der Waals surface area contributed by atoms with E-state index in [1.165, 1.54) is 31.2 Å². The molecule has 1 atom stereocenters. The van der Waals surface area contributed by atoms with E-state index < -0.39 is 27.8 Å². The molecule has 1 aromatic rings. The number of carboxylic acids is 1. The molecule has 0 spiro atoms. The summed E-state index contributed by atoms with van der Waals surface area (Å²) in [5, 5.41) is 9.14. The Labute approximate surface area is 127 Å². The molecule has 1 fully saturated rings. The maximum Gasteiger partial charge on any atom is 0.310 e. The summed E-state index contributed by atoms with van der Waals surface area (Å²) in [6, 6.07) is 5.10. The molecule has 1 unspecified atom stereocenters. The largest absolute Gasteiger partial charge is 0.481 e. The van der Waals surface area contributed by atoms with Gasteiger partial charge in [0.05, 0.1) is 11.2 Å². The Balaban J connectivity index is 2.10. The van der Waals surface area contributed by atoms with Crippen LogP contribution in [0.4, 0.5) is 8.78 Å². The van der Waals surface area contributed by atoms with Crippen molar-refractivity contribution < 1.29 is 27.1 Å². The van der Waals surface area contributed by atoms with Gasteiger partial charge in [-0.05, 0) is 18.9 Å². The Morgan fingerprint density at radius 2 is 1.95 bits per heavy atom. The second-order valence-electron chi connectivity index (χ2n) is 5.75. The second-order valence-corrected chi connectivity index (χ2v) is 7.72. The highest BCUT2D eigenvalue weighted by Gasteiger charge is 2.44. The van der Waals surface area contributed by atoms with E-state index in [1.807, 2.05) is 0 Å². The number of halogens is 2. The minimum absolute atomic E-state index is 0.0697. The van der Waals surface area contributed by atoms with Crippen LogP contribution in [0.2, 0.25) is 0 Å². The zero-order valence-corrected chi connectivity index (χ0v) is 12.8. The van der Waals surface area contributed by atoms with Gasteiger partial charge in [-0.2, -0.15) is 0 Å². The third kappa shape index (κ3) is 3.44.